The molecule has 4 aliphatic carbocycles. The monoisotopic (exact) mass is 746 g/mol. The molecule has 2 aromatic rings. The van der Waals surface area contributed by atoms with Crippen molar-refractivity contribution in [3.63, 3.8) is 0 Å². The zero-order valence-corrected chi connectivity index (χ0v) is 34.6. The van der Waals surface area contributed by atoms with E-state index < -0.39 is 34.9 Å². The van der Waals surface area contributed by atoms with Crippen molar-refractivity contribution in [1.29, 1.82) is 0 Å². The lowest BCUT2D eigenvalue weighted by Crippen LogP contribution is -2.62. The Morgan fingerprint density at radius 2 is 1.76 bits per heavy atom. The molecule has 4 heterocycles. The highest BCUT2D eigenvalue weighted by Gasteiger charge is 2.68. The summed E-state index contributed by atoms with van der Waals surface area (Å²) in [4.78, 5) is 30.3. The molecule has 7 nitrogen and oxygen atoms in total. The predicted molar refractivity (Wildman–Crippen MR) is 218 cm³/mol. The van der Waals surface area contributed by atoms with E-state index in [0.717, 1.165) is 90.4 Å². The molecule has 1 aromatic carbocycles. The fraction of sp³-hybridized carbons (Fsp3) is 0.625. The van der Waals surface area contributed by atoms with Gasteiger partial charge in [0, 0.05) is 52.1 Å². The van der Waals surface area contributed by atoms with Gasteiger partial charge < -0.3 is 24.4 Å². The normalized spacial score (nSPS) is 38.2. The van der Waals surface area contributed by atoms with Gasteiger partial charge in [-0.1, -0.05) is 58.1 Å². The van der Waals surface area contributed by atoms with Gasteiger partial charge in [-0.05, 0) is 132 Å². The van der Waals surface area contributed by atoms with Gasteiger partial charge in [-0.15, -0.1) is 0 Å². The molecule has 9 atom stereocenters. The first-order chi connectivity index (χ1) is 25.8. The zero-order valence-electron chi connectivity index (χ0n) is 34.6. The van der Waals surface area contributed by atoms with Gasteiger partial charge in [0.1, 0.15) is 6.04 Å². The van der Waals surface area contributed by atoms with E-state index in [-0.39, 0.29) is 34.4 Å². The van der Waals surface area contributed by atoms with Crippen LogP contribution in [0.2, 0.25) is 0 Å². The summed E-state index contributed by atoms with van der Waals surface area (Å²) in [7, 11) is 0. The number of allylic oxidation sites excluding steroid dienone is 3. The summed E-state index contributed by atoms with van der Waals surface area (Å²) in [5, 5.41) is 25.3. The lowest BCUT2D eigenvalue weighted by molar-refractivity contribution is -0.144. The fourth-order valence-corrected chi connectivity index (χ4v) is 13.9. The summed E-state index contributed by atoms with van der Waals surface area (Å²) in [6.45, 7) is 25.6. The number of aromatic nitrogens is 1. The molecule has 0 spiro atoms. The number of carbonyl (C=O) groups excluding carboxylic acids is 2. The van der Waals surface area contributed by atoms with Crippen LogP contribution in [0.15, 0.2) is 48.1 Å². The first kappa shape index (κ1) is 37.3. The van der Waals surface area contributed by atoms with Crippen molar-refractivity contribution in [3.8, 4) is 0 Å². The van der Waals surface area contributed by atoms with Crippen LogP contribution in [0.25, 0.3) is 16.5 Å². The van der Waals surface area contributed by atoms with E-state index in [2.05, 4.69) is 90.8 Å². The Bertz CT molecular complexity index is 2160. The Labute approximate surface area is 327 Å². The molecule has 2 unspecified atom stereocenters. The number of amides is 1. The topological polar surface area (TPSA) is 92.0 Å². The minimum absolute atomic E-state index is 0.0434. The molecule has 1 amide bonds. The van der Waals surface area contributed by atoms with Crippen LogP contribution in [0.5, 0.6) is 0 Å². The van der Waals surface area contributed by atoms with Crippen LogP contribution < -0.4 is 0 Å². The van der Waals surface area contributed by atoms with Crippen LogP contribution in [0.3, 0.4) is 0 Å². The Hall–Kier alpha value is -3.26. The van der Waals surface area contributed by atoms with Crippen molar-refractivity contribution in [1.82, 2.24) is 9.47 Å². The van der Waals surface area contributed by atoms with E-state index in [1.165, 1.54) is 11.3 Å². The number of fused-ring (bicyclic) bond motifs is 11. The van der Waals surface area contributed by atoms with Gasteiger partial charge in [0.2, 0.25) is 5.91 Å². The van der Waals surface area contributed by atoms with E-state index in [1.807, 2.05) is 17.9 Å². The fourth-order valence-electron chi connectivity index (χ4n) is 13.9. The summed E-state index contributed by atoms with van der Waals surface area (Å²) in [5.41, 5.74) is 6.74. The van der Waals surface area contributed by atoms with Crippen LogP contribution >= 0.6 is 0 Å². The molecule has 1 aromatic heterocycles. The number of Topliss-reactive ketones (excluding diaryl/α,β-unsaturated/α-hetero) is 1. The van der Waals surface area contributed by atoms with Crippen molar-refractivity contribution in [2.24, 2.45) is 28.6 Å². The molecule has 294 valence electrons. The predicted octanol–water partition coefficient (Wildman–Crippen LogP) is 9.11. The maximum Gasteiger partial charge on any atom is 0.249 e. The quantitative estimate of drug-likeness (QED) is 0.181. The van der Waals surface area contributed by atoms with E-state index in [4.69, 9.17) is 4.74 Å². The van der Waals surface area contributed by atoms with Crippen molar-refractivity contribution in [2.75, 3.05) is 13.1 Å². The van der Waals surface area contributed by atoms with Gasteiger partial charge in [0.25, 0.3) is 0 Å². The molecule has 7 aliphatic rings. The smallest absolute Gasteiger partial charge is 0.249 e. The summed E-state index contributed by atoms with van der Waals surface area (Å²) >= 11 is 0. The summed E-state index contributed by atoms with van der Waals surface area (Å²) in [6, 6.07) is 1.80. The molecular weight excluding hydrogens is 685 g/mol. The Morgan fingerprint density at radius 1 is 1.05 bits per heavy atom. The number of hydrogen-bond donors (Lipinski definition) is 2. The molecule has 7 heteroatoms. The first-order valence-electron chi connectivity index (χ1n) is 21.2. The molecular formula is C48H62N2O5. The summed E-state index contributed by atoms with van der Waals surface area (Å²) in [5.74, 6) is 0.509. The van der Waals surface area contributed by atoms with Crippen LogP contribution in [-0.2, 0) is 21.4 Å². The molecule has 2 N–H and O–H groups in total. The third kappa shape index (κ3) is 4.72. The van der Waals surface area contributed by atoms with Gasteiger partial charge in [-0.2, -0.15) is 0 Å². The van der Waals surface area contributed by atoms with Gasteiger partial charge in [0.15, 0.2) is 5.78 Å². The maximum absolute atomic E-state index is 15.0. The average Bonchev–Trinajstić information content (AvgIpc) is 3.91. The molecule has 3 fully saturated rings. The zero-order chi connectivity index (χ0) is 39.4. The van der Waals surface area contributed by atoms with Crippen molar-refractivity contribution in [3.05, 3.63) is 76.0 Å². The number of aliphatic hydroxyl groups is 2. The van der Waals surface area contributed by atoms with E-state index in [1.54, 1.807) is 0 Å². The van der Waals surface area contributed by atoms with E-state index in [9.17, 15) is 19.8 Å². The molecule has 3 aliphatic heterocycles. The number of carbonyl (C=O) groups is 2. The molecule has 1 saturated heterocycles. The van der Waals surface area contributed by atoms with Crippen LogP contribution in [0.1, 0.15) is 152 Å². The molecule has 9 rings (SSSR count). The van der Waals surface area contributed by atoms with Crippen LogP contribution in [0.4, 0.5) is 0 Å². The number of likely N-dealkylation sites (tertiary alicyclic amines) is 1. The van der Waals surface area contributed by atoms with Gasteiger partial charge in [-0.25, -0.2) is 0 Å². The van der Waals surface area contributed by atoms with E-state index >= 15 is 0 Å². The number of ether oxygens (including phenoxy) is 1. The number of nitrogens with zero attached hydrogens (tertiary/aromatic N) is 2. The number of rotatable bonds is 5. The number of benzene rings is 1. The van der Waals surface area contributed by atoms with Crippen molar-refractivity contribution in [2.45, 2.75) is 149 Å². The number of hydrogen-bond acceptors (Lipinski definition) is 5. The molecule has 0 radical (unpaired) electrons. The van der Waals surface area contributed by atoms with Gasteiger partial charge in [-0.3, -0.25) is 9.59 Å². The Balaban J connectivity index is 1.20. The standard InChI is InChI=1S/C48H62N2O5/c1-11-27(43(54)49-21-12-13-22-49)15-14-19-46(8)33-17-16-28-23-31-30-24-29-32-25-44(4,5)55-45(6,7)37(32)40(52)35(29)36-39(30)50(38(26(2)3)41(36)53)42(31)48(28,10)47(33,9)20-18-34(46)51/h14-15,19,24-25,28,33-34,37-38,40,51-52H,2,11-13,16-18,20-23H2,1,3-10H3/b19-14+,27-15+/t28?,33-,34-,37?,38-,40+,46-,47-,48+/m0/s1. The molecule has 55 heavy (non-hydrogen) atoms. The molecule has 2 saturated carbocycles. The number of aliphatic hydroxyl groups excluding tert-OH is 2. The Morgan fingerprint density at radius 3 is 2.44 bits per heavy atom. The van der Waals surface area contributed by atoms with Crippen LogP contribution in [-0.4, -0.2) is 61.8 Å². The SMILES string of the molecule is C=C(C)[C@H]1C(=O)c2c3c(cc4c5c(n1c24)[C@@]1(C)C(CC[C@H]2[C@](C)(/C=C/C=C(\CC)C(=O)N4CCCC4)[C@@H](O)CC[C@@]21C)C5)C1=CC(C)(C)OC(C)(C)C1[C@@H]3O. The van der Waals surface area contributed by atoms with Gasteiger partial charge >= 0.3 is 0 Å². The second-order valence-electron chi connectivity index (χ2n) is 20.2. The van der Waals surface area contributed by atoms with Crippen molar-refractivity contribution >= 4 is 28.2 Å². The lowest BCUT2D eigenvalue weighted by atomic mass is 9.40. The van der Waals surface area contributed by atoms with E-state index in [0.29, 0.717) is 24.3 Å². The summed E-state index contributed by atoms with van der Waals surface area (Å²) < 4.78 is 8.94. The third-order valence-electron chi connectivity index (χ3n) is 16.4. The minimum Gasteiger partial charge on any atom is -0.392 e. The second-order valence-corrected chi connectivity index (χ2v) is 20.2. The largest absolute Gasteiger partial charge is 0.392 e. The average molecular weight is 747 g/mol. The maximum atomic E-state index is 15.0. The highest BCUT2D eigenvalue weighted by atomic mass is 16.5. The second kappa shape index (κ2) is 11.9. The Kier molecular flexibility index (Phi) is 8.07. The third-order valence-corrected chi connectivity index (χ3v) is 16.4. The lowest BCUT2D eigenvalue weighted by Gasteiger charge is -2.64. The summed E-state index contributed by atoms with van der Waals surface area (Å²) in [6.07, 6.45) is 14.6. The minimum atomic E-state index is -0.849. The molecule has 0 bridgehead atoms. The highest BCUT2D eigenvalue weighted by Crippen LogP contribution is 2.71. The number of ketones is 1. The highest BCUT2D eigenvalue weighted by molar-refractivity contribution is 6.18. The van der Waals surface area contributed by atoms with Crippen LogP contribution in [0, 0.1) is 28.6 Å². The van der Waals surface area contributed by atoms with Gasteiger partial charge in [0.05, 0.1) is 34.5 Å². The van der Waals surface area contributed by atoms with Crippen molar-refractivity contribution < 1.29 is 24.5 Å². The first-order valence-corrected chi connectivity index (χ1v) is 21.2.